The number of imide groups is 1. The largest absolute Gasteiger partial charge is 0.488 e. The van der Waals surface area contributed by atoms with E-state index in [2.05, 4.69) is 10.6 Å². The van der Waals surface area contributed by atoms with Gasteiger partial charge in [0.15, 0.2) is 0 Å². The second-order valence-corrected chi connectivity index (χ2v) is 6.56. The summed E-state index contributed by atoms with van der Waals surface area (Å²) in [6, 6.07) is 14.4. The SMILES string of the molecule is O=C(NCC1Cc2ccccc2O1)c1ccccc1CN1C(=O)CNC1=O. The van der Waals surface area contributed by atoms with Gasteiger partial charge in [-0.15, -0.1) is 0 Å². The lowest BCUT2D eigenvalue weighted by Gasteiger charge is -2.16. The van der Waals surface area contributed by atoms with Crippen molar-refractivity contribution in [2.75, 3.05) is 13.1 Å². The maximum absolute atomic E-state index is 12.7. The Bertz CT molecular complexity index is 871. The number of fused-ring (bicyclic) bond motifs is 1. The van der Waals surface area contributed by atoms with Crippen molar-refractivity contribution in [3.05, 3.63) is 65.2 Å². The van der Waals surface area contributed by atoms with E-state index >= 15 is 0 Å². The maximum Gasteiger partial charge on any atom is 0.324 e. The van der Waals surface area contributed by atoms with Crippen molar-refractivity contribution < 1.29 is 19.1 Å². The Hall–Kier alpha value is -3.35. The Morgan fingerprint density at radius 3 is 2.70 bits per heavy atom. The second-order valence-electron chi connectivity index (χ2n) is 6.56. The summed E-state index contributed by atoms with van der Waals surface area (Å²) < 4.78 is 5.84. The van der Waals surface area contributed by atoms with E-state index in [-0.39, 0.29) is 31.0 Å². The minimum absolute atomic E-state index is 0.00717. The molecule has 4 amide bonds. The van der Waals surface area contributed by atoms with Gasteiger partial charge in [0.25, 0.3) is 5.91 Å². The molecule has 4 rings (SSSR count). The van der Waals surface area contributed by atoms with Gasteiger partial charge in [-0.2, -0.15) is 0 Å². The Morgan fingerprint density at radius 2 is 1.93 bits per heavy atom. The number of carbonyl (C=O) groups excluding carboxylic acids is 3. The number of para-hydroxylation sites is 1. The second kappa shape index (κ2) is 7.11. The van der Waals surface area contributed by atoms with Crippen LogP contribution in [0.3, 0.4) is 0 Å². The van der Waals surface area contributed by atoms with Gasteiger partial charge in [0, 0.05) is 12.0 Å². The zero-order valence-electron chi connectivity index (χ0n) is 14.6. The first-order valence-corrected chi connectivity index (χ1v) is 8.80. The van der Waals surface area contributed by atoms with Crippen LogP contribution >= 0.6 is 0 Å². The number of hydrogen-bond donors (Lipinski definition) is 2. The third-order valence-electron chi connectivity index (χ3n) is 4.73. The van der Waals surface area contributed by atoms with E-state index in [1.807, 2.05) is 24.3 Å². The van der Waals surface area contributed by atoms with Crippen molar-refractivity contribution in [1.82, 2.24) is 15.5 Å². The van der Waals surface area contributed by atoms with Crippen molar-refractivity contribution >= 4 is 17.8 Å². The zero-order chi connectivity index (χ0) is 18.8. The van der Waals surface area contributed by atoms with Gasteiger partial charge in [0.05, 0.1) is 19.6 Å². The van der Waals surface area contributed by atoms with Gasteiger partial charge in [-0.1, -0.05) is 36.4 Å². The van der Waals surface area contributed by atoms with E-state index in [0.717, 1.165) is 22.6 Å². The summed E-state index contributed by atoms with van der Waals surface area (Å²) in [5, 5.41) is 5.38. The van der Waals surface area contributed by atoms with Gasteiger partial charge in [0.2, 0.25) is 5.91 Å². The van der Waals surface area contributed by atoms with Gasteiger partial charge in [0.1, 0.15) is 11.9 Å². The number of urea groups is 1. The fourth-order valence-electron chi connectivity index (χ4n) is 3.33. The van der Waals surface area contributed by atoms with E-state index in [0.29, 0.717) is 17.7 Å². The molecular weight excluding hydrogens is 346 g/mol. The van der Waals surface area contributed by atoms with Crippen molar-refractivity contribution in [3.8, 4) is 5.75 Å². The number of hydrogen-bond acceptors (Lipinski definition) is 4. The van der Waals surface area contributed by atoms with Crippen LogP contribution in [-0.2, 0) is 17.8 Å². The fourth-order valence-corrected chi connectivity index (χ4v) is 3.33. The molecule has 1 saturated heterocycles. The number of amides is 4. The van der Waals surface area contributed by atoms with Crippen molar-refractivity contribution in [3.63, 3.8) is 0 Å². The number of nitrogens with zero attached hydrogens (tertiary/aromatic N) is 1. The highest BCUT2D eigenvalue weighted by Crippen LogP contribution is 2.27. The van der Waals surface area contributed by atoms with Crippen LogP contribution in [0.1, 0.15) is 21.5 Å². The van der Waals surface area contributed by atoms with E-state index < -0.39 is 6.03 Å². The number of carbonyl (C=O) groups is 3. The summed E-state index contributed by atoms with van der Waals surface area (Å²) in [5.41, 5.74) is 2.20. The molecular formula is C20H19N3O4. The lowest BCUT2D eigenvalue weighted by Crippen LogP contribution is -2.36. The zero-order valence-corrected chi connectivity index (χ0v) is 14.6. The van der Waals surface area contributed by atoms with E-state index in [4.69, 9.17) is 4.74 Å². The minimum Gasteiger partial charge on any atom is -0.488 e. The smallest absolute Gasteiger partial charge is 0.324 e. The van der Waals surface area contributed by atoms with Gasteiger partial charge in [-0.25, -0.2) is 4.79 Å². The van der Waals surface area contributed by atoms with Crippen LogP contribution in [0.2, 0.25) is 0 Å². The van der Waals surface area contributed by atoms with E-state index in [9.17, 15) is 14.4 Å². The summed E-state index contributed by atoms with van der Waals surface area (Å²) >= 11 is 0. The van der Waals surface area contributed by atoms with Crippen LogP contribution in [-0.4, -0.2) is 41.9 Å². The minimum atomic E-state index is -0.438. The molecule has 0 bridgehead atoms. The van der Waals surface area contributed by atoms with Crippen LogP contribution < -0.4 is 15.4 Å². The van der Waals surface area contributed by atoms with Crippen LogP contribution in [0.5, 0.6) is 5.75 Å². The van der Waals surface area contributed by atoms with Gasteiger partial charge in [-0.05, 0) is 23.3 Å². The summed E-state index contributed by atoms with van der Waals surface area (Å²) in [6.07, 6.45) is 0.644. The molecule has 1 unspecified atom stereocenters. The molecule has 138 valence electrons. The Kier molecular flexibility index (Phi) is 4.50. The monoisotopic (exact) mass is 365 g/mol. The molecule has 7 nitrogen and oxygen atoms in total. The molecule has 0 radical (unpaired) electrons. The summed E-state index contributed by atoms with van der Waals surface area (Å²) in [5.74, 6) is 0.306. The first-order chi connectivity index (χ1) is 13.1. The number of benzene rings is 2. The Labute approximate surface area is 156 Å². The van der Waals surface area contributed by atoms with Crippen molar-refractivity contribution in [2.24, 2.45) is 0 Å². The summed E-state index contributed by atoms with van der Waals surface area (Å²) in [4.78, 5) is 37.3. The van der Waals surface area contributed by atoms with Crippen LogP contribution in [0.25, 0.3) is 0 Å². The molecule has 2 aromatic carbocycles. The number of rotatable bonds is 5. The summed E-state index contributed by atoms with van der Waals surface area (Å²) in [6.45, 7) is 0.442. The topological polar surface area (TPSA) is 87.7 Å². The molecule has 1 fully saturated rings. The predicted octanol–water partition coefficient (Wildman–Crippen LogP) is 1.47. The Balaban J connectivity index is 1.41. The summed E-state index contributed by atoms with van der Waals surface area (Å²) in [7, 11) is 0. The van der Waals surface area contributed by atoms with Crippen molar-refractivity contribution in [1.29, 1.82) is 0 Å². The van der Waals surface area contributed by atoms with Gasteiger partial charge in [-0.3, -0.25) is 14.5 Å². The lowest BCUT2D eigenvalue weighted by molar-refractivity contribution is -0.125. The molecule has 2 N–H and O–H groups in total. The van der Waals surface area contributed by atoms with Gasteiger partial charge >= 0.3 is 6.03 Å². The molecule has 1 atom stereocenters. The number of ether oxygens (including phenoxy) is 1. The molecule has 2 aliphatic heterocycles. The third kappa shape index (κ3) is 3.48. The molecule has 7 heteroatoms. The van der Waals surface area contributed by atoms with Crippen LogP contribution in [0, 0.1) is 0 Å². The first kappa shape index (κ1) is 17.1. The van der Waals surface area contributed by atoms with Crippen LogP contribution in [0.15, 0.2) is 48.5 Å². The molecule has 2 aromatic rings. The average molecular weight is 365 g/mol. The van der Waals surface area contributed by atoms with E-state index in [1.54, 1.807) is 24.3 Å². The standard InChI is InChI=1S/C20H19N3O4/c24-18-11-22-20(26)23(18)12-14-6-1-3-7-16(14)19(25)21-10-15-9-13-5-2-4-8-17(13)27-15/h1-8,15H,9-12H2,(H,21,25)(H,22,26). The van der Waals surface area contributed by atoms with Gasteiger partial charge < -0.3 is 15.4 Å². The predicted molar refractivity (Wildman–Crippen MR) is 97.3 cm³/mol. The van der Waals surface area contributed by atoms with Crippen molar-refractivity contribution in [2.45, 2.75) is 19.1 Å². The van der Waals surface area contributed by atoms with Crippen LogP contribution in [0.4, 0.5) is 4.79 Å². The molecule has 0 aromatic heterocycles. The molecule has 0 aliphatic carbocycles. The fraction of sp³-hybridized carbons (Fsp3) is 0.250. The highest BCUT2D eigenvalue weighted by Gasteiger charge is 2.29. The molecule has 2 heterocycles. The third-order valence-corrected chi connectivity index (χ3v) is 4.73. The number of nitrogens with one attached hydrogen (secondary N) is 2. The van der Waals surface area contributed by atoms with E-state index in [1.165, 1.54) is 0 Å². The maximum atomic E-state index is 12.7. The Morgan fingerprint density at radius 1 is 1.15 bits per heavy atom. The highest BCUT2D eigenvalue weighted by molar-refractivity contribution is 6.02. The first-order valence-electron chi connectivity index (χ1n) is 8.80. The molecule has 27 heavy (non-hydrogen) atoms. The normalized spacial score (nSPS) is 18.1. The molecule has 0 spiro atoms. The highest BCUT2D eigenvalue weighted by atomic mass is 16.5. The lowest BCUT2D eigenvalue weighted by atomic mass is 10.1. The molecule has 0 saturated carbocycles. The average Bonchev–Trinajstić information content (AvgIpc) is 3.24. The molecule has 2 aliphatic rings. The quantitative estimate of drug-likeness (QED) is 0.786.